The number of hydrogen-bond acceptors (Lipinski definition) is 3. The van der Waals surface area contributed by atoms with Gasteiger partial charge in [-0.15, -0.1) is 0 Å². The Morgan fingerprint density at radius 1 is 1.60 bits per heavy atom. The normalized spacial score (nSPS) is 10.0. The van der Waals surface area contributed by atoms with Crippen LogP contribution in [0.1, 0.15) is 18.5 Å². The van der Waals surface area contributed by atoms with Crippen molar-refractivity contribution >= 4 is 11.7 Å². The maximum Gasteiger partial charge on any atom is 0.303 e. The van der Waals surface area contributed by atoms with Crippen molar-refractivity contribution in [2.75, 3.05) is 18.5 Å². The molecule has 0 aromatic carbocycles. The number of carboxylic acids is 1. The predicted molar refractivity (Wildman–Crippen MR) is 59.1 cm³/mol. The molecule has 4 heteroatoms. The highest BCUT2D eigenvalue weighted by Gasteiger charge is 2.02. The zero-order chi connectivity index (χ0) is 11.3. The van der Waals surface area contributed by atoms with Gasteiger partial charge in [0.25, 0.3) is 0 Å². The van der Waals surface area contributed by atoms with Crippen LogP contribution in [0.25, 0.3) is 0 Å². The number of pyridine rings is 1. The van der Waals surface area contributed by atoms with Gasteiger partial charge in [-0.25, -0.2) is 0 Å². The highest BCUT2D eigenvalue weighted by Crippen LogP contribution is 2.12. The number of carboxylic acid groups (broad SMARTS) is 1. The first kappa shape index (κ1) is 11.5. The minimum Gasteiger partial charge on any atom is -0.481 e. The molecule has 1 aromatic heterocycles. The van der Waals surface area contributed by atoms with Crippen LogP contribution in [-0.2, 0) is 4.79 Å². The summed E-state index contributed by atoms with van der Waals surface area (Å²) in [5, 5.41) is 8.51. The van der Waals surface area contributed by atoms with Gasteiger partial charge < -0.3 is 10.0 Å². The lowest BCUT2D eigenvalue weighted by molar-refractivity contribution is -0.137. The van der Waals surface area contributed by atoms with Crippen molar-refractivity contribution in [3.63, 3.8) is 0 Å². The first-order valence-electron chi connectivity index (χ1n) is 4.95. The van der Waals surface area contributed by atoms with Gasteiger partial charge in [-0.2, -0.15) is 0 Å². The molecule has 1 aromatic rings. The third-order valence-corrected chi connectivity index (χ3v) is 2.21. The Labute approximate surface area is 89.6 Å². The smallest absolute Gasteiger partial charge is 0.303 e. The number of anilines is 1. The van der Waals surface area contributed by atoms with Crippen LogP contribution in [-0.4, -0.2) is 29.7 Å². The second kappa shape index (κ2) is 5.34. The van der Waals surface area contributed by atoms with Crippen LogP contribution in [0, 0.1) is 6.92 Å². The van der Waals surface area contributed by atoms with Crippen LogP contribution in [0.15, 0.2) is 18.3 Å². The second-order valence-electron chi connectivity index (χ2n) is 3.57. The van der Waals surface area contributed by atoms with Crippen molar-refractivity contribution < 1.29 is 9.90 Å². The summed E-state index contributed by atoms with van der Waals surface area (Å²) in [6, 6.07) is 3.91. The summed E-state index contributed by atoms with van der Waals surface area (Å²) in [7, 11) is 1.95. The molecule has 0 spiro atoms. The summed E-state index contributed by atoms with van der Waals surface area (Å²) in [4.78, 5) is 16.5. The Hall–Kier alpha value is -1.58. The van der Waals surface area contributed by atoms with Crippen molar-refractivity contribution in [3.8, 4) is 0 Å². The first-order valence-corrected chi connectivity index (χ1v) is 4.95. The number of aromatic nitrogens is 1. The topological polar surface area (TPSA) is 53.4 Å². The molecule has 0 aliphatic rings. The monoisotopic (exact) mass is 208 g/mol. The molecule has 4 nitrogen and oxygen atoms in total. The van der Waals surface area contributed by atoms with Crippen molar-refractivity contribution in [3.05, 3.63) is 24.0 Å². The van der Waals surface area contributed by atoms with E-state index in [2.05, 4.69) is 4.98 Å². The van der Waals surface area contributed by atoms with Gasteiger partial charge in [0, 0.05) is 37.6 Å². The van der Waals surface area contributed by atoms with Crippen LogP contribution >= 0.6 is 0 Å². The summed E-state index contributed by atoms with van der Waals surface area (Å²) in [6.45, 7) is 2.68. The zero-order valence-corrected chi connectivity index (χ0v) is 9.10. The number of nitrogens with zero attached hydrogens (tertiary/aromatic N) is 2. The summed E-state index contributed by atoms with van der Waals surface area (Å²) in [6.07, 6.45) is 2.64. The average Bonchev–Trinajstić information content (AvgIpc) is 2.17. The van der Waals surface area contributed by atoms with Gasteiger partial charge in [0.15, 0.2) is 0 Å². The fourth-order valence-electron chi connectivity index (χ4n) is 1.36. The van der Waals surface area contributed by atoms with Gasteiger partial charge in [0.05, 0.1) is 0 Å². The Bertz CT molecular complexity index is 339. The van der Waals surface area contributed by atoms with E-state index in [9.17, 15) is 4.79 Å². The van der Waals surface area contributed by atoms with Crippen molar-refractivity contribution in [2.24, 2.45) is 0 Å². The van der Waals surface area contributed by atoms with Gasteiger partial charge in [-0.3, -0.25) is 9.78 Å². The van der Waals surface area contributed by atoms with E-state index in [4.69, 9.17) is 5.11 Å². The first-order chi connectivity index (χ1) is 7.09. The molecule has 0 unspecified atom stereocenters. The molecule has 15 heavy (non-hydrogen) atoms. The minimum atomic E-state index is -0.741. The molecule has 0 aliphatic carbocycles. The summed E-state index contributed by atoms with van der Waals surface area (Å²) in [5.74, 6) is -0.741. The molecular weight excluding hydrogens is 192 g/mol. The van der Waals surface area contributed by atoms with Crippen LogP contribution in [0.3, 0.4) is 0 Å². The van der Waals surface area contributed by atoms with E-state index < -0.39 is 5.97 Å². The van der Waals surface area contributed by atoms with Crippen LogP contribution < -0.4 is 4.90 Å². The molecule has 0 atom stereocenters. The van der Waals surface area contributed by atoms with E-state index in [1.54, 1.807) is 6.20 Å². The fraction of sp³-hybridized carbons (Fsp3) is 0.455. The lowest BCUT2D eigenvalue weighted by Crippen LogP contribution is -2.19. The zero-order valence-electron chi connectivity index (χ0n) is 9.10. The summed E-state index contributed by atoms with van der Waals surface area (Å²) in [5.41, 5.74) is 2.05. The summed E-state index contributed by atoms with van der Waals surface area (Å²) >= 11 is 0. The largest absolute Gasteiger partial charge is 0.481 e. The van der Waals surface area contributed by atoms with E-state index >= 15 is 0 Å². The predicted octanol–water partition coefficient (Wildman–Crippen LogP) is 1.69. The molecule has 0 aliphatic heterocycles. The lowest BCUT2D eigenvalue weighted by Gasteiger charge is -2.18. The molecule has 1 heterocycles. The van der Waals surface area contributed by atoms with Gasteiger partial charge >= 0.3 is 5.97 Å². The number of hydrogen-bond donors (Lipinski definition) is 1. The van der Waals surface area contributed by atoms with Crippen LogP contribution in [0.5, 0.6) is 0 Å². The standard InChI is InChI=1S/C11H16N2O2/c1-9-8-10(5-6-12-9)13(2)7-3-4-11(14)15/h5-6,8H,3-4,7H2,1-2H3,(H,14,15). The fourth-order valence-corrected chi connectivity index (χ4v) is 1.36. The lowest BCUT2D eigenvalue weighted by atomic mass is 10.2. The summed E-state index contributed by atoms with van der Waals surface area (Å²) < 4.78 is 0. The van der Waals surface area contributed by atoms with Crippen molar-refractivity contribution in [1.29, 1.82) is 0 Å². The molecular formula is C11H16N2O2. The number of aryl methyl sites for hydroxylation is 1. The molecule has 0 saturated heterocycles. The molecule has 0 radical (unpaired) electrons. The number of rotatable bonds is 5. The highest BCUT2D eigenvalue weighted by molar-refractivity contribution is 5.66. The van der Waals surface area contributed by atoms with Gasteiger partial charge in [-0.05, 0) is 25.5 Å². The molecule has 1 N–H and O–H groups in total. The van der Waals surface area contributed by atoms with E-state index in [0.29, 0.717) is 6.42 Å². The van der Waals surface area contributed by atoms with Crippen molar-refractivity contribution in [2.45, 2.75) is 19.8 Å². The Morgan fingerprint density at radius 3 is 2.93 bits per heavy atom. The average molecular weight is 208 g/mol. The van der Waals surface area contributed by atoms with Gasteiger partial charge in [0.2, 0.25) is 0 Å². The third-order valence-electron chi connectivity index (χ3n) is 2.21. The maximum absolute atomic E-state index is 10.3. The molecule has 0 bridgehead atoms. The third kappa shape index (κ3) is 3.97. The van der Waals surface area contributed by atoms with E-state index in [0.717, 1.165) is 17.9 Å². The Kier molecular flexibility index (Phi) is 4.09. The van der Waals surface area contributed by atoms with E-state index in [1.807, 2.05) is 31.0 Å². The minimum absolute atomic E-state index is 0.217. The van der Waals surface area contributed by atoms with E-state index in [-0.39, 0.29) is 6.42 Å². The van der Waals surface area contributed by atoms with Gasteiger partial charge in [-0.1, -0.05) is 0 Å². The van der Waals surface area contributed by atoms with Gasteiger partial charge in [0.1, 0.15) is 0 Å². The second-order valence-corrected chi connectivity index (χ2v) is 3.57. The van der Waals surface area contributed by atoms with Crippen LogP contribution in [0.2, 0.25) is 0 Å². The molecule has 0 fully saturated rings. The number of aliphatic carboxylic acids is 1. The number of carbonyl (C=O) groups is 1. The highest BCUT2D eigenvalue weighted by atomic mass is 16.4. The Balaban J connectivity index is 2.46. The van der Waals surface area contributed by atoms with Crippen molar-refractivity contribution in [1.82, 2.24) is 4.98 Å². The van der Waals surface area contributed by atoms with Crippen LogP contribution in [0.4, 0.5) is 5.69 Å². The molecule has 1 rings (SSSR count). The maximum atomic E-state index is 10.3. The quantitative estimate of drug-likeness (QED) is 0.800. The molecule has 0 amide bonds. The Morgan fingerprint density at radius 2 is 2.33 bits per heavy atom. The molecule has 0 saturated carbocycles. The molecule has 82 valence electrons. The SMILES string of the molecule is Cc1cc(N(C)CCCC(=O)O)ccn1. The van der Waals surface area contributed by atoms with E-state index in [1.165, 1.54) is 0 Å².